The van der Waals surface area contributed by atoms with Crippen LogP contribution in [-0.4, -0.2) is 38.8 Å². The van der Waals surface area contributed by atoms with E-state index in [0.29, 0.717) is 29.9 Å². The van der Waals surface area contributed by atoms with Gasteiger partial charge in [-0.05, 0) is 42.3 Å². The second-order valence-electron chi connectivity index (χ2n) is 7.29. The largest absolute Gasteiger partial charge is 0.497 e. The molecule has 1 unspecified atom stereocenters. The van der Waals surface area contributed by atoms with Gasteiger partial charge in [0, 0.05) is 13.5 Å². The molecular formula is C24H26F4N4O2. The van der Waals surface area contributed by atoms with Crippen molar-refractivity contribution in [3.05, 3.63) is 76.5 Å². The third-order valence-corrected chi connectivity index (χ3v) is 4.94. The highest BCUT2D eigenvalue weighted by atomic mass is 19.4. The van der Waals surface area contributed by atoms with Gasteiger partial charge < -0.3 is 15.8 Å². The van der Waals surface area contributed by atoms with Gasteiger partial charge in [0.25, 0.3) is 0 Å². The van der Waals surface area contributed by atoms with Gasteiger partial charge in [-0.1, -0.05) is 24.3 Å². The Morgan fingerprint density at radius 2 is 1.88 bits per heavy atom. The molecule has 10 heteroatoms. The summed E-state index contributed by atoms with van der Waals surface area (Å²) in [5.41, 5.74) is 5.66. The maximum absolute atomic E-state index is 13.3. The third-order valence-electron chi connectivity index (χ3n) is 4.94. The topological polar surface area (TPSA) is 89.1 Å². The SMILES string of the molecule is CN=C(Cc1cccc(OC)c1)NC(=NC(C)c1ccc(C(F)(F)F)cc1)C(C=O)=C(N)CF. The maximum Gasteiger partial charge on any atom is 0.416 e. The van der Waals surface area contributed by atoms with E-state index in [9.17, 15) is 22.4 Å². The molecule has 0 fully saturated rings. The normalized spacial score (nSPS) is 14.3. The number of aliphatic imine (C=N–C) groups is 2. The second-order valence-corrected chi connectivity index (χ2v) is 7.29. The van der Waals surface area contributed by atoms with Crippen molar-refractivity contribution in [2.75, 3.05) is 20.8 Å². The van der Waals surface area contributed by atoms with E-state index in [2.05, 4.69) is 15.3 Å². The molecule has 0 amide bonds. The van der Waals surface area contributed by atoms with Gasteiger partial charge in [0.15, 0.2) is 6.29 Å². The Bertz CT molecular complexity index is 1080. The van der Waals surface area contributed by atoms with E-state index in [1.807, 2.05) is 6.07 Å². The van der Waals surface area contributed by atoms with Gasteiger partial charge in [0.2, 0.25) is 0 Å². The molecule has 1 atom stereocenters. The Kier molecular flexibility index (Phi) is 9.35. The molecule has 182 valence electrons. The van der Waals surface area contributed by atoms with Gasteiger partial charge in [-0.2, -0.15) is 13.2 Å². The van der Waals surface area contributed by atoms with Crippen LogP contribution in [0.2, 0.25) is 0 Å². The standard InChI is InChI=1S/C24H26F4N4O2/c1-15(17-7-9-18(10-8-17)24(26,27)28)31-23(20(14-33)21(29)13-25)32-22(30-2)12-16-5-4-6-19(11-16)34-3/h4-11,14-15H,12-13,29H2,1-3H3,(H,30,31,32). The number of nitrogens with one attached hydrogen (secondary N) is 1. The van der Waals surface area contributed by atoms with Crippen molar-refractivity contribution < 1.29 is 27.1 Å². The summed E-state index contributed by atoms with van der Waals surface area (Å²) in [4.78, 5) is 20.3. The monoisotopic (exact) mass is 478 g/mol. The molecule has 6 nitrogen and oxygen atoms in total. The predicted octanol–water partition coefficient (Wildman–Crippen LogP) is 4.42. The Labute approximate surface area is 195 Å². The number of amidine groups is 2. The fraction of sp³-hybridized carbons (Fsp3) is 0.292. The molecule has 2 aromatic carbocycles. The number of ether oxygens (including phenoxy) is 1. The molecule has 0 saturated carbocycles. The van der Waals surface area contributed by atoms with E-state index in [-0.39, 0.29) is 17.1 Å². The number of aldehydes is 1. The number of benzene rings is 2. The average Bonchev–Trinajstić information content (AvgIpc) is 2.83. The van der Waals surface area contributed by atoms with Crippen LogP contribution in [0.15, 0.2) is 69.8 Å². The Balaban J connectivity index is 2.40. The van der Waals surface area contributed by atoms with E-state index in [4.69, 9.17) is 10.5 Å². The van der Waals surface area contributed by atoms with Crippen molar-refractivity contribution in [3.8, 4) is 5.75 Å². The molecule has 0 radical (unpaired) electrons. The summed E-state index contributed by atoms with van der Waals surface area (Å²) in [6, 6.07) is 11.1. The molecular weight excluding hydrogens is 452 g/mol. The van der Waals surface area contributed by atoms with Crippen LogP contribution in [0, 0.1) is 0 Å². The van der Waals surface area contributed by atoms with Crippen LogP contribution in [0.3, 0.4) is 0 Å². The number of allylic oxidation sites excluding steroid dienone is 1. The lowest BCUT2D eigenvalue weighted by Crippen LogP contribution is -2.35. The Hall–Kier alpha value is -3.69. The first-order valence-corrected chi connectivity index (χ1v) is 10.2. The van der Waals surface area contributed by atoms with Crippen molar-refractivity contribution >= 4 is 18.0 Å². The fourth-order valence-electron chi connectivity index (χ4n) is 3.04. The predicted molar refractivity (Wildman–Crippen MR) is 124 cm³/mol. The van der Waals surface area contributed by atoms with Crippen molar-refractivity contribution in [1.82, 2.24) is 5.32 Å². The van der Waals surface area contributed by atoms with Crippen LogP contribution in [0.5, 0.6) is 5.75 Å². The summed E-state index contributed by atoms with van der Waals surface area (Å²) in [7, 11) is 3.07. The van der Waals surface area contributed by atoms with Gasteiger partial charge in [-0.15, -0.1) is 0 Å². The Morgan fingerprint density at radius 1 is 1.21 bits per heavy atom. The number of alkyl halides is 4. The van der Waals surface area contributed by atoms with Gasteiger partial charge >= 0.3 is 6.18 Å². The molecule has 34 heavy (non-hydrogen) atoms. The summed E-state index contributed by atoms with van der Waals surface area (Å²) in [6.07, 6.45) is -3.78. The minimum Gasteiger partial charge on any atom is -0.497 e. The fourth-order valence-corrected chi connectivity index (χ4v) is 3.04. The molecule has 2 rings (SSSR count). The van der Waals surface area contributed by atoms with Crippen molar-refractivity contribution in [3.63, 3.8) is 0 Å². The minimum absolute atomic E-state index is 0.0407. The number of carbonyl (C=O) groups is 1. The summed E-state index contributed by atoms with van der Waals surface area (Å²) >= 11 is 0. The highest BCUT2D eigenvalue weighted by Crippen LogP contribution is 2.30. The van der Waals surface area contributed by atoms with E-state index >= 15 is 0 Å². The van der Waals surface area contributed by atoms with Gasteiger partial charge in [-0.25, -0.2) is 4.39 Å². The molecule has 0 saturated heterocycles. The average molecular weight is 478 g/mol. The first-order valence-electron chi connectivity index (χ1n) is 10.2. The van der Waals surface area contributed by atoms with Crippen LogP contribution in [0.4, 0.5) is 17.6 Å². The van der Waals surface area contributed by atoms with Crippen molar-refractivity contribution in [2.24, 2.45) is 15.7 Å². The van der Waals surface area contributed by atoms with Gasteiger partial charge in [0.05, 0.1) is 30.0 Å². The molecule has 0 aliphatic carbocycles. The zero-order chi connectivity index (χ0) is 25.3. The Morgan fingerprint density at radius 3 is 2.41 bits per heavy atom. The number of nitrogens with two attached hydrogens (primary N) is 1. The molecule has 0 aliphatic rings. The second kappa shape index (κ2) is 12.0. The van der Waals surface area contributed by atoms with Crippen molar-refractivity contribution in [1.29, 1.82) is 0 Å². The molecule has 2 aromatic rings. The van der Waals surface area contributed by atoms with Crippen LogP contribution in [-0.2, 0) is 17.4 Å². The molecule has 3 N–H and O–H groups in total. The number of rotatable bonds is 8. The van der Waals surface area contributed by atoms with Crippen molar-refractivity contribution in [2.45, 2.75) is 25.6 Å². The lowest BCUT2D eigenvalue weighted by Gasteiger charge is -2.17. The molecule has 0 heterocycles. The molecule has 0 bridgehead atoms. The minimum atomic E-state index is -4.46. The smallest absolute Gasteiger partial charge is 0.416 e. The van der Waals surface area contributed by atoms with Crippen LogP contribution in [0.1, 0.15) is 29.7 Å². The van der Waals surface area contributed by atoms with Crippen LogP contribution in [0.25, 0.3) is 0 Å². The van der Waals surface area contributed by atoms with E-state index in [0.717, 1.165) is 17.7 Å². The molecule has 0 spiro atoms. The highest BCUT2D eigenvalue weighted by molar-refractivity contribution is 6.19. The van der Waals surface area contributed by atoms with Crippen LogP contribution < -0.4 is 15.8 Å². The number of methoxy groups -OCH3 is 1. The zero-order valence-electron chi connectivity index (χ0n) is 19.0. The van der Waals surface area contributed by atoms with Gasteiger partial charge in [-0.3, -0.25) is 14.8 Å². The maximum atomic E-state index is 13.3. The van der Waals surface area contributed by atoms with Crippen LogP contribution >= 0.6 is 0 Å². The summed E-state index contributed by atoms with van der Waals surface area (Å²) < 4.78 is 57.1. The first kappa shape index (κ1) is 26.6. The lowest BCUT2D eigenvalue weighted by molar-refractivity contribution is -0.137. The number of halogens is 4. The van der Waals surface area contributed by atoms with E-state index < -0.39 is 24.5 Å². The van der Waals surface area contributed by atoms with Gasteiger partial charge in [0.1, 0.15) is 24.1 Å². The summed E-state index contributed by atoms with van der Waals surface area (Å²) in [5.74, 6) is 1.01. The van der Waals surface area contributed by atoms with E-state index in [1.165, 1.54) is 19.2 Å². The molecule has 0 aromatic heterocycles. The van der Waals surface area contributed by atoms with E-state index in [1.54, 1.807) is 32.2 Å². The number of hydrogen-bond acceptors (Lipinski definition) is 5. The summed E-state index contributed by atoms with van der Waals surface area (Å²) in [5, 5.41) is 2.94. The lowest BCUT2D eigenvalue weighted by atomic mass is 10.1. The summed E-state index contributed by atoms with van der Waals surface area (Å²) in [6.45, 7) is 0.543. The molecule has 0 aliphatic heterocycles. The number of hydrogen-bond donors (Lipinski definition) is 2. The number of carbonyl (C=O) groups excluding carboxylic acids is 1. The zero-order valence-corrected chi connectivity index (χ0v) is 19.0. The first-order chi connectivity index (χ1) is 16.1. The number of nitrogens with zero attached hydrogens (tertiary/aromatic N) is 2. The highest BCUT2D eigenvalue weighted by Gasteiger charge is 2.30. The third kappa shape index (κ3) is 7.16. The quantitative estimate of drug-likeness (QED) is 0.193.